The molecule has 3 nitrogen and oxygen atoms in total. The molecule has 0 aromatic heterocycles. The van der Waals surface area contributed by atoms with Crippen molar-refractivity contribution in [1.29, 1.82) is 0 Å². The van der Waals surface area contributed by atoms with Gasteiger partial charge in [0.25, 0.3) is 0 Å². The van der Waals surface area contributed by atoms with Crippen molar-refractivity contribution in [2.45, 2.75) is 51.6 Å². The third-order valence-corrected chi connectivity index (χ3v) is 4.28. The van der Waals surface area contributed by atoms with E-state index in [1.54, 1.807) is 0 Å². The molecule has 0 aliphatic carbocycles. The molecular weight excluding hydrogens is 198 g/mol. The monoisotopic (exact) mass is 227 g/mol. The molecule has 0 saturated carbocycles. The second kappa shape index (κ2) is 5.99. The molecule has 0 radical (unpaired) electrons. The van der Waals surface area contributed by atoms with Crippen LogP contribution in [0.3, 0.4) is 0 Å². The quantitative estimate of drug-likeness (QED) is 0.773. The average molecular weight is 227 g/mol. The van der Waals surface area contributed by atoms with Gasteiger partial charge in [-0.05, 0) is 53.2 Å². The summed E-state index contributed by atoms with van der Waals surface area (Å²) in [4.78, 5) is 5.02. The number of nitrogens with zero attached hydrogens (tertiary/aromatic N) is 2. The zero-order chi connectivity index (χ0) is 12.2. The van der Waals surface area contributed by atoms with Gasteiger partial charge in [0, 0.05) is 24.7 Å². The zero-order valence-corrected chi connectivity index (χ0v) is 11.5. The summed E-state index contributed by atoms with van der Waals surface area (Å²) in [6, 6.07) is 0.445. The molecule has 2 N–H and O–H groups in total. The van der Waals surface area contributed by atoms with E-state index < -0.39 is 0 Å². The molecule has 0 aromatic rings. The van der Waals surface area contributed by atoms with Crippen molar-refractivity contribution in [3.8, 4) is 0 Å². The fourth-order valence-electron chi connectivity index (χ4n) is 2.04. The molecule has 0 unspecified atom stereocenters. The SMILES string of the molecule is CCC(C)(C)N(C)CCN1CCC(N)CC1. The Morgan fingerprint density at radius 3 is 2.38 bits per heavy atom. The van der Waals surface area contributed by atoms with Gasteiger partial charge in [-0.15, -0.1) is 0 Å². The van der Waals surface area contributed by atoms with Crippen LogP contribution in [0.1, 0.15) is 40.0 Å². The minimum atomic E-state index is 0.326. The lowest BCUT2D eigenvalue weighted by atomic mass is 10.00. The van der Waals surface area contributed by atoms with Gasteiger partial charge in [-0.3, -0.25) is 4.90 Å². The van der Waals surface area contributed by atoms with E-state index in [0.29, 0.717) is 11.6 Å². The minimum absolute atomic E-state index is 0.326. The van der Waals surface area contributed by atoms with Crippen molar-refractivity contribution >= 4 is 0 Å². The van der Waals surface area contributed by atoms with E-state index in [9.17, 15) is 0 Å². The zero-order valence-electron chi connectivity index (χ0n) is 11.5. The highest BCUT2D eigenvalue weighted by molar-refractivity contribution is 4.79. The summed E-state index contributed by atoms with van der Waals surface area (Å²) in [5, 5.41) is 0. The largest absolute Gasteiger partial charge is 0.328 e. The first kappa shape index (κ1) is 13.9. The summed E-state index contributed by atoms with van der Waals surface area (Å²) in [7, 11) is 2.24. The van der Waals surface area contributed by atoms with Crippen LogP contribution in [0.15, 0.2) is 0 Å². The summed E-state index contributed by atoms with van der Waals surface area (Å²) in [6.45, 7) is 11.6. The van der Waals surface area contributed by atoms with Crippen LogP contribution in [-0.2, 0) is 0 Å². The van der Waals surface area contributed by atoms with Gasteiger partial charge < -0.3 is 10.6 Å². The maximum absolute atomic E-state index is 5.91. The number of hydrogen-bond acceptors (Lipinski definition) is 3. The molecular formula is C13H29N3. The molecule has 1 rings (SSSR count). The predicted octanol–water partition coefficient (Wildman–Crippen LogP) is 1.53. The van der Waals surface area contributed by atoms with Crippen LogP contribution in [0.25, 0.3) is 0 Å². The molecule has 1 aliphatic heterocycles. The second-order valence-electron chi connectivity index (χ2n) is 5.77. The van der Waals surface area contributed by atoms with Crippen LogP contribution in [0.4, 0.5) is 0 Å². The lowest BCUT2D eigenvalue weighted by Crippen LogP contribution is -2.47. The molecule has 96 valence electrons. The van der Waals surface area contributed by atoms with Crippen molar-refractivity contribution in [3.63, 3.8) is 0 Å². The Labute approximate surface area is 101 Å². The van der Waals surface area contributed by atoms with Crippen LogP contribution in [0, 0.1) is 0 Å². The maximum atomic E-state index is 5.91. The van der Waals surface area contributed by atoms with E-state index in [1.165, 1.54) is 38.9 Å². The number of piperidine rings is 1. The molecule has 1 saturated heterocycles. The van der Waals surface area contributed by atoms with Crippen molar-refractivity contribution in [3.05, 3.63) is 0 Å². The first-order valence-electron chi connectivity index (χ1n) is 6.65. The van der Waals surface area contributed by atoms with E-state index in [1.807, 2.05) is 0 Å². The fraction of sp³-hybridized carbons (Fsp3) is 1.00. The Bertz CT molecular complexity index is 195. The number of likely N-dealkylation sites (N-methyl/N-ethyl adjacent to an activating group) is 1. The van der Waals surface area contributed by atoms with Crippen LogP contribution in [0.5, 0.6) is 0 Å². The van der Waals surface area contributed by atoms with Gasteiger partial charge in [0.15, 0.2) is 0 Å². The summed E-state index contributed by atoms with van der Waals surface area (Å²) in [5.74, 6) is 0. The Kier molecular flexibility index (Phi) is 5.22. The number of hydrogen-bond donors (Lipinski definition) is 1. The van der Waals surface area contributed by atoms with Gasteiger partial charge in [-0.2, -0.15) is 0 Å². The molecule has 3 heteroatoms. The molecule has 0 spiro atoms. The number of rotatable bonds is 5. The van der Waals surface area contributed by atoms with E-state index in [4.69, 9.17) is 5.73 Å². The normalized spacial score (nSPS) is 20.6. The van der Waals surface area contributed by atoms with Crippen molar-refractivity contribution in [2.24, 2.45) is 5.73 Å². The Morgan fingerprint density at radius 2 is 1.88 bits per heavy atom. The van der Waals surface area contributed by atoms with Crippen molar-refractivity contribution in [2.75, 3.05) is 33.2 Å². The minimum Gasteiger partial charge on any atom is -0.328 e. The van der Waals surface area contributed by atoms with Crippen LogP contribution >= 0.6 is 0 Å². The summed E-state index contributed by atoms with van der Waals surface area (Å²) in [6.07, 6.45) is 3.54. The van der Waals surface area contributed by atoms with Crippen LogP contribution in [0.2, 0.25) is 0 Å². The lowest BCUT2D eigenvalue weighted by Gasteiger charge is -2.37. The second-order valence-corrected chi connectivity index (χ2v) is 5.77. The van der Waals surface area contributed by atoms with E-state index in [-0.39, 0.29) is 0 Å². The molecule has 1 heterocycles. The fourth-order valence-corrected chi connectivity index (χ4v) is 2.04. The predicted molar refractivity (Wildman–Crippen MR) is 70.6 cm³/mol. The topological polar surface area (TPSA) is 32.5 Å². The average Bonchev–Trinajstić information content (AvgIpc) is 2.28. The molecule has 1 fully saturated rings. The summed E-state index contributed by atoms with van der Waals surface area (Å²) >= 11 is 0. The highest BCUT2D eigenvalue weighted by Gasteiger charge is 2.22. The molecule has 1 aliphatic rings. The number of nitrogens with two attached hydrogens (primary N) is 1. The first-order chi connectivity index (χ1) is 7.45. The maximum Gasteiger partial charge on any atom is 0.0148 e. The van der Waals surface area contributed by atoms with E-state index in [0.717, 1.165) is 6.54 Å². The Balaban J connectivity index is 2.24. The molecule has 16 heavy (non-hydrogen) atoms. The van der Waals surface area contributed by atoms with Crippen LogP contribution in [-0.4, -0.2) is 54.6 Å². The Hall–Kier alpha value is -0.120. The Morgan fingerprint density at radius 1 is 1.31 bits per heavy atom. The van der Waals surface area contributed by atoms with Gasteiger partial charge in [-0.1, -0.05) is 6.92 Å². The highest BCUT2D eigenvalue weighted by atomic mass is 15.2. The standard InChI is InChI=1S/C13H29N3/c1-5-13(2,3)15(4)10-11-16-8-6-12(14)7-9-16/h12H,5-11,14H2,1-4H3. The molecule has 0 amide bonds. The van der Waals surface area contributed by atoms with Crippen molar-refractivity contribution in [1.82, 2.24) is 9.80 Å². The molecule has 0 bridgehead atoms. The van der Waals surface area contributed by atoms with Gasteiger partial charge in [0.2, 0.25) is 0 Å². The van der Waals surface area contributed by atoms with Crippen molar-refractivity contribution < 1.29 is 0 Å². The third kappa shape index (κ3) is 4.04. The molecule has 0 atom stereocenters. The van der Waals surface area contributed by atoms with Crippen LogP contribution < -0.4 is 5.73 Å². The smallest absolute Gasteiger partial charge is 0.0148 e. The van der Waals surface area contributed by atoms with Gasteiger partial charge >= 0.3 is 0 Å². The van der Waals surface area contributed by atoms with E-state index in [2.05, 4.69) is 37.6 Å². The summed E-state index contributed by atoms with van der Waals surface area (Å²) < 4.78 is 0. The highest BCUT2D eigenvalue weighted by Crippen LogP contribution is 2.16. The summed E-state index contributed by atoms with van der Waals surface area (Å²) in [5.41, 5.74) is 6.23. The first-order valence-corrected chi connectivity index (χ1v) is 6.65. The third-order valence-electron chi connectivity index (χ3n) is 4.28. The number of likely N-dealkylation sites (tertiary alicyclic amines) is 1. The van der Waals surface area contributed by atoms with Gasteiger partial charge in [-0.25, -0.2) is 0 Å². The van der Waals surface area contributed by atoms with Gasteiger partial charge in [0.1, 0.15) is 0 Å². The lowest BCUT2D eigenvalue weighted by molar-refractivity contribution is 0.118. The van der Waals surface area contributed by atoms with Gasteiger partial charge in [0.05, 0.1) is 0 Å². The molecule has 0 aromatic carbocycles. The van der Waals surface area contributed by atoms with E-state index >= 15 is 0 Å².